The van der Waals surface area contributed by atoms with E-state index < -0.39 is 5.82 Å². The van der Waals surface area contributed by atoms with E-state index in [1.807, 2.05) is 0 Å². The van der Waals surface area contributed by atoms with Gasteiger partial charge in [-0.3, -0.25) is 0 Å². The Morgan fingerprint density at radius 1 is 1.25 bits per heavy atom. The third-order valence-electron chi connectivity index (χ3n) is 1.14. The average molecular weight is 284 g/mol. The maximum absolute atomic E-state index is 13.0. The Labute approximate surface area is 82.3 Å². The molecule has 1 aromatic rings. The highest BCUT2D eigenvalue weighted by molar-refractivity contribution is 14.1. The molecule has 66 valence electrons. The van der Waals surface area contributed by atoms with Crippen LogP contribution in [-0.2, 0) is 0 Å². The normalized spacial score (nSPS) is 9.67. The molecular weight excluding hydrogens is 278 g/mol. The lowest BCUT2D eigenvalue weighted by Crippen LogP contribution is -2.01. The summed E-state index contributed by atoms with van der Waals surface area (Å²) in [6.07, 6.45) is 0. The third kappa shape index (κ3) is 1.74. The van der Waals surface area contributed by atoms with Crippen LogP contribution in [0.1, 0.15) is 0 Å². The second-order valence-electron chi connectivity index (χ2n) is 1.82. The number of halogens is 2. The van der Waals surface area contributed by atoms with Crippen LogP contribution in [0.2, 0.25) is 0 Å². The summed E-state index contributed by atoms with van der Waals surface area (Å²) in [6, 6.07) is 0.0950. The van der Waals surface area contributed by atoms with E-state index in [0.717, 1.165) is 0 Å². The molecule has 0 amide bonds. The molecule has 0 saturated carbocycles. The van der Waals surface area contributed by atoms with Crippen LogP contribution in [0.25, 0.3) is 0 Å². The molecule has 0 spiro atoms. The molecule has 12 heavy (non-hydrogen) atoms. The van der Waals surface area contributed by atoms with Crippen molar-refractivity contribution in [2.45, 2.75) is 0 Å². The van der Waals surface area contributed by atoms with Crippen molar-refractivity contribution in [3.63, 3.8) is 0 Å². The first kappa shape index (κ1) is 9.43. The Balaban J connectivity index is 3.19. The second-order valence-corrected chi connectivity index (χ2v) is 2.85. The monoisotopic (exact) mass is 284 g/mol. The maximum atomic E-state index is 13.0. The van der Waals surface area contributed by atoms with Gasteiger partial charge in [-0.1, -0.05) is 0 Å². The van der Waals surface area contributed by atoms with Crippen LogP contribution < -0.4 is 9.47 Å². The fourth-order valence-electron chi connectivity index (χ4n) is 0.609. The van der Waals surface area contributed by atoms with Crippen LogP contribution >= 0.6 is 22.6 Å². The summed E-state index contributed by atoms with van der Waals surface area (Å²) >= 11 is 1.74. The molecule has 0 bridgehead atoms. The molecule has 0 atom stereocenters. The first-order valence-electron chi connectivity index (χ1n) is 3.00. The molecular formula is C6H6FIN2O2. The van der Waals surface area contributed by atoms with Crippen molar-refractivity contribution in [3.05, 3.63) is 9.52 Å². The average Bonchev–Trinajstić information content (AvgIpc) is 2.09. The zero-order valence-corrected chi connectivity index (χ0v) is 8.62. The minimum Gasteiger partial charge on any atom is -0.479 e. The van der Waals surface area contributed by atoms with E-state index in [-0.39, 0.29) is 15.6 Å². The van der Waals surface area contributed by atoms with Crippen LogP contribution in [0, 0.1) is 9.52 Å². The van der Waals surface area contributed by atoms with Crippen LogP contribution in [0.15, 0.2) is 0 Å². The molecule has 0 aromatic carbocycles. The summed E-state index contributed by atoms with van der Waals surface area (Å²) in [5.74, 6) is -0.676. The first-order chi connectivity index (χ1) is 5.69. The van der Waals surface area contributed by atoms with E-state index in [2.05, 4.69) is 14.7 Å². The number of rotatable bonds is 2. The predicted molar refractivity (Wildman–Crippen MR) is 47.8 cm³/mol. The molecule has 0 fully saturated rings. The largest absolute Gasteiger partial charge is 0.479 e. The van der Waals surface area contributed by atoms with Gasteiger partial charge in [-0.25, -0.2) is 0 Å². The van der Waals surface area contributed by atoms with E-state index in [1.165, 1.54) is 14.2 Å². The number of hydrogen-bond acceptors (Lipinski definition) is 4. The minimum atomic E-state index is -0.570. The van der Waals surface area contributed by atoms with Gasteiger partial charge in [-0.05, 0) is 22.6 Å². The van der Waals surface area contributed by atoms with Crippen molar-refractivity contribution in [2.75, 3.05) is 14.2 Å². The molecule has 0 N–H and O–H groups in total. The fourth-order valence-corrected chi connectivity index (χ4v) is 1.05. The molecule has 6 heteroatoms. The maximum Gasteiger partial charge on any atom is 0.320 e. The second kappa shape index (κ2) is 3.83. The van der Waals surface area contributed by atoms with Crippen LogP contribution in [-0.4, -0.2) is 24.2 Å². The Hall–Kier alpha value is -0.660. The van der Waals surface area contributed by atoms with Gasteiger partial charge >= 0.3 is 6.01 Å². The van der Waals surface area contributed by atoms with Crippen LogP contribution in [0.4, 0.5) is 4.39 Å². The number of methoxy groups -OCH3 is 2. The Bertz CT molecular complexity index is 295. The minimum absolute atomic E-state index is 0.0950. The highest BCUT2D eigenvalue weighted by atomic mass is 127. The van der Waals surface area contributed by atoms with Gasteiger partial charge in [-0.15, -0.1) is 0 Å². The van der Waals surface area contributed by atoms with Gasteiger partial charge < -0.3 is 9.47 Å². The standard InChI is InChI=1S/C6H6FIN2O2/c1-11-5-3(7)4(8)9-6(10-5)12-2/h1-2H3. The van der Waals surface area contributed by atoms with Crippen molar-refractivity contribution >= 4 is 22.6 Å². The fraction of sp³-hybridized carbons (Fsp3) is 0.333. The lowest BCUT2D eigenvalue weighted by molar-refractivity contribution is 0.331. The van der Waals surface area contributed by atoms with E-state index >= 15 is 0 Å². The first-order valence-corrected chi connectivity index (χ1v) is 4.08. The van der Waals surface area contributed by atoms with Gasteiger partial charge in [0.1, 0.15) is 3.70 Å². The molecule has 0 radical (unpaired) electrons. The third-order valence-corrected chi connectivity index (χ3v) is 1.85. The molecule has 1 rings (SSSR count). The quantitative estimate of drug-likeness (QED) is 0.605. The number of ether oxygens (including phenoxy) is 2. The van der Waals surface area contributed by atoms with Crippen molar-refractivity contribution in [1.29, 1.82) is 0 Å². The highest BCUT2D eigenvalue weighted by Gasteiger charge is 2.12. The zero-order valence-electron chi connectivity index (χ0n) is 6.47. The summed E-state index contributed by atoms with van der Waals surface area (Å²) < 4.78 is 22.6. The number of nitrogens with zero attached hydrogens (tertiary/aromatic N) is 2. The van der Waals surface area contributed by atoms with Gasteiger partial charge in [-0.2, -0.15) is 14.4 Å². The van der Waals surface area contributed by atoms with Crippen molar-refractivity contribution in [3.8, 4) is 11.9 Å². The lowest BCUT2D eigenvalue weighted by Gasteiger charge is -2.03. The summed E-state index contributed by atoms with van der Waals surface area (Å²) in [5, 5.41) is 0. The molecule has 0 unspecified atom stereocenters. The van der Waals surface area contributed by atoms with Gasteiger partial charge in [0.25, 0.3) is 5.88 Å². The number of aromatic nitrogens is 2. The van der Waals surface area contributed by atoms with E-state index in [1.54, 1.807) is 22.6 Å². The van der Waals surface area contributed by atoms with E-state index in [4.69, 9.17) is 4.74 Å². The predicted octanol–water partition coefficient (Wildman–Crippen LogP) is 1.24. The van der Waals surface area contributed by atoms with Crippen LogP contribution in [0.5, 0.6) is 11.9 Å². The molecule has 1 heterocycles. The number of hydrogen-bond donors (Lipinski definition) is 0. The summed E-state index contributed by atoms with van der Waals surface area (Å²) in [6.45, 7) is 0. The smallest absolute Gasteiger partial charge is 0.320 e. The van der Waals surface area contributed by atoms with E-state index in [9.17, 15) is 4.39 Å². The summed E-state index contributed by atoms with van der Waals surface area (Å²) in [7, 11) is 2.74. The topological polar surface area (TPSA) is 44.2 Å². The van der Waals surface area contributed by atoms with Gasteiger partial charge in [0.2, 0.25) is 5.82 Å². The van der Waals surface area contributed by atoms with Crippen LogP contribution in [0.3, 0.4) is 0 Å². The molecule has 0 saturated heterocycles. The Kier molecular flexibility index (Phi) is 3.01. The Morgan fingerprint density at radius 2 is 1.92 bits per heavy atom. The van der Waals surface area contributed by atoms with Gasteiger partial charge in [0, 0.05) is 0 Å². The SMILES string of the molecule is COc1nc(I)c(F)c(OC)n1. The van der Waals surface area contributed by atoms with Crippen molar-refractivity contribution < 1.29 is 13.9 Å². The lowest BCUT2D eigenvalue weighted by atomic mass is 10.6. The summed E-state index contributed by atoms with van der Waals surface area (Å²) in [5.41, 5.74) is 0. The van der Waals surface area contributed by atoms with Crippen molar-refractivity contribution in [1.82, 2.24) is 9.97 Å². The highest BCUT2D eigenvalue weighted by Crippen LogP contribution is 2.20. The zero-order chi connectivity index (χ0) is 9.14. The van der Waals surface area contributed by atoms with Gasteiger partial charge in [0.05, 0.1) is 14.2 Å². The van der Waals surface area contributed by atoms with E-state index in [0.29, 0.717) is 0 Å². The van der Waals surface area contributed by atoms with Crippen molar-refractivity contribution in [2.24, 2.45) is 0 Å². The molecule has 1 aromatic heterocycles. The Morgan fingerprint density at radius 3 is 2.42 bits per heavy atom. The van der Waals surface area contributed by atoms with Gasteiger partial charge in [0.15, 0.2) is 0 Å². The molecule has 0 aliphatic rings. The molecule has 0 aliphatic carbocycles. The molecule has 0 aliphatic heterocycles. The molecule has 4 nitrogen and oxygen atoms in total. The summed E-state index contributed by atoms with van der Waals surface area (Å²) in [4.78, 5) is 7.33.